The lowest BCUT2D eigenvalue weighted by atomic mass is 10.4. The fraction of sp³-hybridized carbons (Fsp3) is 0.333. The molecule has 2 N–H and O–H groups in total. The number of hydrogen-bond donors (Lipinski definition) is 1. The van der Waals surface area contributed by atoms with Crippen LogP contribution >= 0.6 is 0 Å². The second-order valence-corrected chi connectivity index (χ2v) is 2.08. The van der Waals surface area contributed by atoms with Crippen molar-refractivity contribution in [2.45, 2.75) is 6.17 Å². The van der Waals surface area contributed by atoms with Crippen LogP contribution in [0.25, 0.3) is 0 Å². The van der Waals surface area contributed by atoms with Crippen LogP contribution in [0.5, 0.6) is 0 Å². The first-order chi connectivity index (χ1) is 4.72. The molecule has 1 amide bonds. The number of carbonyl (C=O) groups is 1. The van der Waals surface area contributed by atoms with Crippen LogP contribution in [-0.4, -0.2) is 30.2 Å². The van der Waals surface area contributed by atoms with E-state index in [0.717, 1.165) is 0 Å². The minimum atomic E-state index is -0.523. The highest BCUT2D eigenvalue weighted by Gasteiger charge is 2.16. The molecule has 0 fully saturated rings. The van der Waals surface area contributed by atoms with E-state index in [4.69, 9.17) is 5.73 Å². The third-order valence-electron chi connectivity index (χ3n) is 1.27. The van der Waals surface area contributed by atoms with Crippen molar-refractivity contribution in [3.8, 4) is 0 Å². The zero-order valence-corrected chi connectivity index (χ0v) is 5.69. The zero-order chi connectivity index (χ0) is 7.56. The van der Waals surface area contributed by atoms with Crippen molar-refractivity contribution in [1.82, 2.24) is 4.90 Å². The zero-order valence-electron chi connectivity index (χ0n) is 5.69. The van der Waals surface area contributed by atoms with Crippen LogP contribution in [0.4, 0.5) is 0 Å². The van der Waals surface area contributed by atoms with Gasteiger partial charge in [-0.2, -0.15) is 0 Å². The number of carbonyl (C=O) groups excluding carboxylic acids is 1. The van der Waals surface area contributed by atoms with Crippen LogP contribution < -0.4 is 5.73 Å². The van der Waals surface area contributed by atoms with Crippen molar-refractivity contribution in [3.05, 3.63) is 12.3 Å². The molecule has 0 saturated carbocycles. The fourth-order valence-electron chi connectivity index (χ4n) is 0.766. The van der Waals surface area contributed by atoms with Gasteiger partial charge in [-0.05, 0) is 6.08 Å². The molecule has 10 heavy (non-hydrogen) atoms. The molecule has 1 heterocycles. The number of hydrogen-bond acceptors (Lipinski definition) is 3. The molecule has 0 aromatic rings. The van der Waals surface area contributed by atoms with Crippen molar-refractivity contribution < 1.29 is 4.79 Å². The highest BCUT2D eigenvalue weighted by molar-refractivity contribution is 5.84. The first-order valence-corrected chi connectivity index (χ1v) is 2.93. The molecular formula is C6H9N3O. The molecule has 1 aliphatic rings. The minimum absolute atomic E-state index is 0.428. The van der Waals surface area contributed by atoms with E-state index in [1.54, 1.807) is 30.4 Å². The van der Waals surface area contributed by atoms with Gasteiger partial charge in [-0.15, -0.1) is 0 Å². The van der Waals surface area contributed by atoms with E-state index in [1.807, 2.05) is 0 Å². The first kappa shape index (κ1) is 6.80. The third kappa shape index (κ3) is 1.15. The second kappa shape index (κ2) is 2.51. The lowest BCUT2D eigenvalue weighted by molar-refractivity contribution is -0.121. The second-order valence-electron chi connectivity index (χ2n) is 2.08. The average Bonchev–Trinajstić information content (AvgIpc) is 1.88. The van der Waals surface area contributed by atoms with E-state index in [1.165, 1.54) is 0 Å². The Morgan fingerprint density at radius 1 is 1.80 bits per heavy atom. The quantitative estimate of drug-likeness (QED) is 0.523. The Morgan fingerprint density at radius 3 is 2.90 bits per heavy atom. The molecule has 0 aromatic carbocycles. The number of likely N-dealkylation sites (N-methyl/N-ethyl adjacent to an activating group) is 1. The number of primary amides is 1. The van der Waals surface area contributed by atoms with Gasteiger partial charge in [0, 0.05) is 19.5 Å². The highest BCUT2D eigenvalue weighted by Crippen LogP contribution is 2.01. The van der Waals surface area contributed by atoms with Crippen molar-refractivity contribution in [3.63, 3.8) is 0 Å². The normalized spacial score (nSPS) is 23.3. The van der Waals surface area contributed by atoms with Crippen molar-refractivity contribution in [2.75, 3.05) is 7.05 Å². The molecule has 0 aliphatic carbocycles. The van der Waals surface area contributed by atoms with Crippen LogP contribution in [0.3, 0.4) is 0 Å². The molecule has 4 heteroatoms. The van der Waals surface area contributed by atoms with Crippen LogP contribution in [0, 0.1) is 0 Å². The van der Waals surface area contributed by atoms with Gasteiger partial charge in [-0.25, -0.2) is 0 Å². The molecule has 0 saturated heterocycles. The number of nitrogens with two attached hydrogens (primary N) is 1. The van der Waals surface area contributed by atoms with Crippen LogP contribution in [0.2, 0.25) is 0 Å². The van der Waals surface area contributed by atoms with E-state index >= 15 is 0 Å². The number of rotatable bonds is 1. The maximum Gasteiger partial charge on any atom is 0.262 e. The fourth-order valence-corrected chi connectivity index (χ4v) is 0.766. The van der Waals surface area contributed by atoms with Crippen LogP contribution in [0.15, 0.2) is 17.3 Å². The van der Waals surface area contributed by atoms with Crippen molar-refractivity contribution in [2.24, 2.45) is 10.7 Å². The Morgan fingerprint density at radius 2 is 2.50 bits per heavy atom. The summed E-state index contributed by atoms with van der Waals surface area (Å²) < 4.78 is 0. The van der Waals surface area contributed by atoms with Gasteiger partial charge in [0.05, 0.1) is 0 Å². The molecule has 1 unspecified atom stereocenters. The lowest BCUT2D eigenvalue weighted by Gasteiger charge is -2.21. The molecule has 1 aliphatic heterocycles. The summed E-state index contributed by atoms with van der Waals surface area (Å²) in [5.41, 5.74) is 5.03. The predicted octanol–water partition coefficient (Wildman–Crippen LogP) is -0.672. The topological polar surface area (TPSA) is 58.7 Å². The van der Waals surface area contributed by atoms with Gasteiger partial charge in [0.25, 0.3) is 5.91 Å². The van der Waals surface area contributed by atoms with Crippen molar-refractivity contribution >= 4 is 12.1 Å². The van der Waals surface area contributed by atoms with Crippen LogP contribution in [-0.2, 0) is 4.79 Å². The summed E-state index contributed by atoms with van der Waals surface area (Å²) in [6, 6.07) is 0. The maximum absolute atomic E-state index is 10.6. The summed E-state index contributed by atoms with van der Waals surface area (Å²) in [5.74, 6) is -0.428. The van der Waals surface area contributed by atoms with Gasteiger partial charge in [0.1, 0.15) is 0 Å². The summed E-state index contributed by atoms with van der Waals surface area (Å²) in [7, 11) is 1.75. The van der Waals surface area contributed by atoms with Crippen molar-refractivity contribution in [1.29, 1.82) is 0 Å². The summed E-state index contributed by atoms with van der Waals surface area (Å²) in [6.07, 6.45) is 4.54. The number of aliphatic imine (C=N–C) groups is 1. The summed E-state index contributed by atoms with van der Waals surface area (Å²) in [5, 5.41) is 0. The van der Waals surface area contributed by atoms with E-state index in [9.17, 15) is 4.79 Å². The Balaban J connectivity index is 2.70. The minimum Gasteiger partial charge on any atom is -0.366 e. The Labute approximate surface area is 59.0 Å². The van der Waals surface area contributed by atoms with Gasteiger partial charge >= 0.3 is 0 Å². The van der Waals surface area contributed by atoms with Gasteiger partial charge in [0.15, 0.2) is 6.17 Å². The lowest BCUT2D eigenvalue weighted by Crippen LogP contribution is -2.39. The molecular weight excluding hydrogens is 130 g/mol. The van der Waals surface area contributed by atoms with E-state index in [-0.39, 0.29) is 0 Å². The molecule has 4 nitrogen and oxygen atoms in total. The predicted molar refractivity (Wildman–Crippen MR) is 38.4 cm³/mol. The molecule has 54 valence electrons. The molecule has 1 rings (SSSR count). The molecule has 1 atom stereocenters. The van der Waals surface area contributed by atoms with Crippen LogP contribution in [0.1, 0.15) is 0 Å². The number of nitrogens with zero attached hydrogens (tertiary/aromatic N) is 2. The standard InChI is InChI=1S/C6H9N3O/c1-9-4-2-3-8-6(9)5(7)10/h2-4,6H,1H3,(H2,7,10). The first-order valence-electron chi connectivity index (χ1n) is 2.93. The van der Waals surface area contributed by atoms with E-state index in [2.05, 4.69) is 4.99 Å². The van der Waals surface area contributed by atoms with Gasteiger partial charge < -0.3 is 10.6 Å². The Hall–Kier alpha value is -1.32. The number of amides is 1. The molecule has 0 bridgehead atoms. The largest absolute Gasteiger partial charge is 0.366 e. The molecule has 0 spiro atoms. The third-order valence-corrected chi connectivity index (χ3v) is 1.27. The molecule has 0 aromatic heterocycles. The summed E-state index contributed by atoms with van der Waals surface area (Å²) in [4.78, 5) is 16.1. The van der Waals surface area contributed by atoms with E-state index in [0.29, 0.717) is 0 Å². The average molecular weight is 139 g/mol. The Kier molecular flexibility index (Phi) is 1.71. The molecule has 0 radical (unpaired) electrons. The number of allylic oxidation sites excluding steroid dienone is 1. The monoisotopic (exact) mass is 139 g/mol. The van der Waals surface area contributed by atoms with E-state index < -0.39 is 12.1 Å². The summed E-state index contributed by atoms with van der Waals surface area (Å²) >= 11 is 0. The van der Waals surface area contributed by atoms with Gasteiger partial charge in [-0.1, -0.05) is 0 Å². The Bertz CT molecular complexity index is 197. The smallest absolute Gasteiger partial charge is 0.262 e. The summed E-state index contributed by atoms with van der Waals surface area (Å²) in [6.45, 7) is 0. The van der Waals surface area contributed by atoms with Gasteiger partial charge in [0.2, 0.25) is 0 Å². The SMILES string of the molecule is CN1C=CC=NC1C(N)=O. The van der Waals surface area contributed by atoms with Gasteiger partial charge in [-0.3, -0.25) is 9.79 Å². The maximum atomic E-state index is 10.6. The highest BCUT2D eigenvalue weighted by atomic mass is 16.1.